The summed E-state index contributed by atoms with van der Waals surface area (Å²) >= 11 is 3.12. The minimum absolute atomic E-state index is 0.232. The maximum atomic E-state index is 13.8. The molecule has 0 radical (unpaired) electrons. The van der Waals surface area contributed by atoms with Crippen LogP contribution in [0.3, 0.4) is 0 Å². The quantitative estimate of drug-likeness (QED) is 0.353. The van der Waals surface area contributed by atoms with Gasteiger partial charge in [0.2, 0.25) is 5.82 Å². The summed E-state index contributed by atoms with van der Waals surface area (Å²) in [4.78, 5) is 0. The van der Waals surface area contributed by atoms with Crippen molar-refractivity contribution >= 4 is 15.9 Å². The standard InChI is InChI=1S/C12H9BrF5N3/c1-2-3-21-5(4-13)19-20-12(21)6-7(14)9(16)11(18)10(17)8(6)15/h2-4H2,1H3. The van der Waals surface area contributed by atoms with Crippen LogP contribution in [0.15, 0.2) is 0 Å². The van der Waals surface area contributed by atoms with Crippen molar-refractivity contribution in [1.29, 1.82) is 0 Å². The number of hydrogen-bond acceptors (Lipinski definition) is 2. The number of hydrogen-bond donors (Lipinski definition) is 0. The lowest BCUT2D eigenvalue weighted by atomic mass is 10.1. The molecule has 0 N–H and O–H groups in total. The van der Waals surface area contributed by atoms with Crippen molar-refractivity contribution < 1.29 is 22.0 Å². The number of halogens is 6. The zero-order chi connectivity index (χ0) is 15.7. The van der Waals surface area contributed by atoms with Crippen molar-refractivity contribution in [2.75, 3.05) is 0 Å². The molecule has 1 aromatic heterocycles. The molecule has 0 atom stereocenters. The van der Waals surface area contributed by atoms with Crippen LogP contribution in [0.5, 0.6) is 0 Å². The molecule has 0 unspecified atom stereocenters. The summed E-state index contributed by atoms with van der Waals surface area (Å²) in [5.74, 6) is -10.1. The topological polar surface area (TPSA) is 30.7 Å². The first kappa shape index (κ1) is 15.9. The van der Waals surface area contributed by atoms with Crippen LogP contribution in [-0.4, -0.2) is 14.8 Å². The minimum atomic E-state index is -2.20. The summed E-state index contributed by atoms with van der Waals surface area (Å²) in [6.07, 6.45) is 0.570. The molecule has 0 fully saturated rings. The van der Waals surface area contributed by atoms with E-state index in [1.807, 2.05) is 0 Å². The van der Waals surface area contributed by atoms with Crippen LogP contribution in [0.2, 0.25) is 0 Å². The largest absolute Gasteiger partial charge is 0.310 e. The highest BCUT2D eigenvalue weighted by Crippen LogP contribution is 2.31. The van der Waals surface area contributed by atoms with Crippen LogP contribution < -0.4 is 0 Å². The summed E-state index contributed by atoms with van der Waals surface area (Å²) in [7, 11) is 0. The van der Waals surface area contributed by atoms with Crippen molar-refractivity contribution in [3.05, 3.63) is 34.9 Å². The van der Waals surface area contributed by atoms with E-state index in [-0.39, 0.29) is 17.7 Å². The summed E-state index contributed by atoms with van der Waals surface area (Å²) < 4.78 is 68.5. The van der Waals surface area contributed by atoms with E-state index in [2.05, 4.69) is 26.1 Å². The van der Waals surface area contributed by atoms with Gasteiger partial charge in [-0.1, -0.05) is 22.9 Å². The lowest BCUT2D eigenvalue weighted by molar-refractivity contribution is 0.380. The molecule has 2 rings (SSSR count). The molecule has 21 heavy (non-hydrogen) atoms. The fourth-order valence-corrected chi connectivity index (χ4v) is 2.29. The van der Waals surface area contributed by atoms with Gasteiger partial charge in [0.1, 0.15) is 5.82 Å². The molecular formula is C12H9BrF5N3. The van der Waals surface area contributed by atoms with Gasteiger partial charge in [0.25, 0.3) is 0 Å². The molecule has 0 saturated carbocycles. The molecule has 3 nitrogen and oxygen atoms in total. The Morgan fingerprint density at radius 1 is 0.905 bits per heavy atom. The second-order valence-corrected chi connectivity index (χ2v) is 4.73. The number of aromatic nitrogens is 3. The third kappa shape index (κ3) is 2.54. The van der Waals surface area contributed by atoms with E-state index >= 15 is 0 Å². The molecular weight excluding hydrogens is 361 g/mol. The maximum Gasteiger partial charge on any atom is 0.200 e. The highest BCUT2D eigenvalue weighted by Gasteiger charge is 2.29. The second-order valence-electron chi connectivity index (χ2n) is 4.17. The molecule has 0 amide bonds. The van der Waals surface area contributed by atoms with Crippen LogP contribution in [0.4, 0.5) is 22.0 Å². The number of benzene rings is 1. The lowest BCUT2D eigenvalue weighted by Crippen LogP contribution is -2.09. The normalized spacial score (nSPS) is 11.2. The van der Waals surface area contributed by atoms with Crippen LogP contribution in [0, 0.1) is 29.1 Å². The minimum Gasteiger partial charge on any atom is -0.310 e. The molecule has 1 heterocycles. The van der Waals surface area contributed by atoms with Gasteiger partial charge in [0.05, 0.1) is 10.9 Å². The average Bonchev–Trinajstić information content (AvgIpc) is 2.87. The Hall–Kier alpha value is -1.51. The van der Waals surface area contributed by atoms with E-state index in [4.69, 9.17) is 0 Å². The lowest BCUT2D eigenvalue weighted by Gasteiger charge is -2.10. The average molecular weight is 370 g/mol. The Labute approximate surface area is 124 Å². The van der Waals surface area contributed by atoms with Crippen molar-refractivity contribution in [2.45, 2.75) is 25.2 Å². The number of nitrogens with zero attached hydrogens (tertiary/aromatic N) is 3. The predicted molar refractivity (Wildman–Crippen MR) is 68.2 cm³/mol. The Morgan fingerprint density at radius 2 is 1.43 bits per heavy atom. The fourth-order valence-electron chi connectivity index (χ4n) is 1.88. The summed E-state index contributed by atoms with van der Waals surface area (Å²) in [5.41, 5.74) is -1.07. The zero-order valence-corrected chi connectivity index (χ0v) is 12.3. The monoisotopic (exact) mass is 369 g/mol. The van der Waals surface area contributed by atoms with Gasteiger partial charge in [-0.25, -0.2) is 22.0 Å². The molecule has 0 saturated heterocycles. The van der Waals surface area contributed by atoms with Crippen LogP contribution >= 0.6 is 15.9 Å². The van der Waals surface area contributed by atoms with Crippen molar-refractivity contribution in [3.8, 4) is 11.4 Å². The van der Waals surface area contributed by atoms with Gasteiger partial charge >= 0.3 is 0 Å². The molecule has 1 aromatic carbocycles. The SMILES string of the molecule is CCCn1c(CBr)nnc1-c1c(F)c(F)c(F)c(F)c1F. The predicted octanol–water partition coefficient (Wildman–Crippen LogP) is 3.95. The summed E-state index contributed by atoms with van der Waals surface area (Å²) in [6, 6.07) is 0. The van der Waals surface area contributed by atoms with Gasteiger partial charge in [-0.15, -0.1) is 10.2 Å². The van der Waals surface area contributed by atoms with Crippen molar-refractivity contribution in [1.82, 2.24) is 14.8 Å². The van der Waals surface area contributed by atoms with E-state index in [9.17, 15) is 22.0 Å². The Kier molecular flexibility index (Phi) is 4.60. The van der Waals surface area contributed by atoms with Gasteiger partial charge in [-0.05, 0) is 6.42 Å². The summed E-state index contributed by atoms with van der Waals surface area (Å²) in [6.45, 7) is 2.07. The molecule has 0 aliphatic heterocycles. The molecule has 0 spiro atoms. The summed E-state index contributed by atoms with van der Waals surface area (Å²) in [5, 5.41) is 7.48. The zero-order valence-electron chi connectivity index (χ0n) is 10.7. The van der Waals surface area contributed by atoms with Gasteiger partial charge in [-0.3, -0.25) is 0 Å². The number of rotatable bonds is 4. The van der Waals surface area contributed by atoms with E-state index in [0.29, 0.717) is 12.2 Å². The smallest absolute Gasteiger partial charge is 0.200 e. The Morgan fingerprint density at radius 3 is 1.90 bits per heavy atom. The van der Waals surface area contributed by atoms with Crippen LogP contribution in [-0.2, 0) is 11.9 Å². The molecule has 114 valence electrons. The molecule has 0 bridgehead atoms. The van der Waals surface area contributed by atoms with E-state index in [1.165, 1.54) is 4.57 Å². The highest BCUT2D eigenvalue weighted by molar-refractivity contribution is 9.08. The third-order valence-corrected chi connectivity index (χ3v) is 3.33. The third-order valence-electron chi connectivity index (χ3n) is 2.83. The van der Waals surface area contributed by atoms with E-state index in [1.54, 1.807) is 6.92 Å². The van der Waals surface area contributed by atoms with Gasteiger partial charge < -0.3 is 4.57 Å². The van der Waals surface area contributed by atoms with Crippen LogP contribution in [0.1, 0.15) is 19.2 Å². The van der Waals surface area contributed by atoms with E-state index in [0.717, 1.165) is 0 Å². The molecule has 0 aliphatic carbocycles. The Bertz CT molecular complexity index is 657. The first-order chi connectivity index (χ1) is 9.93. The Balaban J connectivity index is 2.76. The van der Waals surface area contributed by atoms with Gasteiger partial charge in [-0.2, -0.15) is 0 Å². The van der Waals surface area contributed by atoms with Crippen molar-refractivity contribution in [3.63, 3.8) is 0 Å². The van der Waals surface area contributed by atoms with Gasteiger partial charge in [0.15, 0.2) is 29.1 Å². The number of alkyl halides is 1. The maximum absolute atomic E-state index is 13.8. The molecule has 9 heteroatoms. The van der Waals surface area contributed by atoms with Gasteiger partial charge in [0, 0.05) is 6.54 Å². The molecule has 2 aromatic rings. The van der Waals surface area contributed by atoms with Crippen LogP contribution in [0.25, 0.3) is 11.4 Å². The second kappa shape index (κ2) is 6.08. The first-order valence-electron chi connectivity index (χ1n) is 5.93. The van der Waals surface area contributed by atoms with E-state index < -0.39 is 34.6 Å². The first-order valence-corrected chi connectivity index (χ1v) is 7.05. The molecule has 0 aliphatic rings. The highest BCUT2D eigenvalue weighted by atomic mass is 79.9. The fraction of sp³-hybridized carbons (Fsp3) is 0.333. The van der Waals surface area contributed by atoms with Crippen molar-refractivity contribution in [2.24, 2.45) is 0 Å².